The summed E-state index contributed by atoms with van der Waals surface area (Å²) in [6.45, 7) is 4.57. The SMILES string of the molecule is CC(=O)N1CCN(c2ccccc2NC(=O)C2(c3ccc(Br)cc3)CCCC2)CC1. The number of carbonyl (C=O) groups is 2. The molecule has 0 bridgehead atoms. The molecule has 1 heterocycles. The zero-order valence-corrected chi connectivity index (χ0v) is 19.0. The molecule has 6 heteroatoms. The van der Waals surface area contributed by atoms with Crippen LogP contribution in [-0.2, 0) is 15.0 Å². The van der Waals surface area contributed by atoms with Crippen LogP contribution in [0.1, 0.15) is 38.2 Å². The molecule has 1 aliphatic heterocycles. The molecule has 2 aliphatic rings. The van der Waals surface area contributed by atoms with E-state index in [9.17, 15) is 9.59 Å². The molecule has 1 N–H and O–H groups in total. The van der Waals surface area contributed by atoms with Crippen LogP contribution in [0.3, 0.4) is 0 Å². The standard InChI is InChI=1S/C24H28BrN3O2/c1-18(29)27-14-16-28(17-15-27)22-7-3-2-6-21(22)26-23(30)24(12-4-5-13-24)19-8-10-20(25)11-9-19/h2-3,6-11H,4-5,12-17H2,1H3,(H,26,30). The van der Waals surface area contributed by atoms with Crippen LogP contribution in [0.4, 0.5) is 11.4 Å². The van der Waals surface area contributed by atoms with Gasteiger partial charge in [0.05, 0.1) is 16.8 Å². The minimum Gasteiger partial charge on any atom is -0.366 e. The molecular weight excluding hydrogens is 442 g/mol. The Balaban J connectivity index is 1.56. The van der Waals surface area contributed by atoms with E-state index in [4.69, 9.17) is 0 Å². The lowest BCUT2D eigenvalue weighted by molar-refractivity contribution is -0.129. The molecule has 158 valence electrons. The van der Waals surface area contributed by atoms with E-state index in [1.165, 1.54) is 0 Å². The molecule has 4 rings (SSSR count). The van der Waals surface area contributed by atoms with Gasteiger partial charge in [-0.25, -0.2) is 0 Å². The van der Waals surface area contributed by atoms with Crippen LogP contribution in [0.15, 0.2) is 53.0 Å². The van der Waals surface area contributed by atoms with Crippen molar-refractivity contribution >= 4 is 39.1 Å². The Morgan fingerprint density at radius 3 is 2.20 bits per heavy atom. The zero-order chi connectivity index (χ0) is 21.1. The number of nitrogens with one attached hydrogen (secondary N) is 1. The first kappa shape index (κ1) is 20.9. The minimum atomic E-state index is -0.471. The van der Waals surface area contributed by atoms with Gasteiger partial charge in [0.2, 0.25) is 11.8 Å². The molecule has 2 aromatic rings. The van der Waals surface area contributed by atoms with Gasteiger partial charge in [-0.05, 0) is 42.7 Å². The molecule has 1 saturated heterocycles. The number of halogens is 1. The molecule has 1 aliphatic carbocycles. The van der Waals surface area contributed by atoms with Crippen molar-refractivity contribution in [3.05, 3.63) is 58.6 Å². The lowest BCUT2D eigenvalue weighted by Gasteiger charge is -2.37. The highest BCUT2D eigenvalue weighted by Gasteiger charge is 2.43. The summed E-state index contributed by atoms with van der Waals surface area (Å²) in [5.74, 6) is 0.200. The summed E-state index contributed by atoms with van der Waals surface area (Å²) in [6, 6.07) is 16.2. The maximum atomic E-state index is 13.6. The lowest BCUT2D eigenvalue weighted by Crippen LogP contribution is -2.48. The van der Waals surface area contributed by atoms with E-state index >= 15 is 0 Å². The molecule has 0 atom stereocenters. The summed E-state index contributed by atoms with van der Waals surface area (Å²) in [5, 5.41) is 3.26. The predicted molar refractivity (Wildman–Crippen MR) is 124 cm³/mol. The largest absolute Gasteiger partial charge is 0.366 e. The highest BCUT2D eigenvalue weighted by Crippen LogP contribution is 2.43. The van der Waals surface area contributed by atoms with E-state index in [1.807, 2.05) is 35.2 Å². The van der Waals surface area contributed by atoms with Gasteiger partial charge >= 0.3 is 0 Å². The van der Waals surface area contributed by atoms with E-state index in [0.29, 0.717) is 13.1 Å². The third kappa shape index (κ3) is 4.10. The molecule has 30 heavy (non-hydrogen) atoms. The van der Waals surface area contributed by atoms with Gasteiger partial charge in [-0.15, -0.1) is 0 Å². The average molecular weight is 470 g/mol. The van der Waals surface area contributed by atoms with Gasteiger partial charge in [-0.3, -0.25) is 9.59 Å². The Morgan fingerprint density at radius 2 is 1.57 bits per heavy atom. The smallest absolute Gasteiger partial charge is 0.235 e. The number of hydrogen-bond acceptors (Lipinski definition) is 3. The number of para-hydroxylation sites is 2. The summed E-state index contributed by atoms with van der Waals surface area (Å²) in [4.78, 5) is 29.4. The van der Waals surface area contributed by atoms with Crippen molar-refractivity contribution in [2.75, 3.05) is 36.4 Å². The van der Waals surface area contributed by atoms with E-state index in [0.717, 1.165) is 60.2 Å². The molecule has 1 saturated carbocycles. The molecule has 5 nitrogen and oxygen atoms in total. The second kappa shape index (κ2) is 8.80. The van der Waals surface area contributed by atoms with E-state index in [1.54, 1.807) is 6.92 Å². The molecule has 2 amide bonds. The maximum Gasteiger partial charge on any atom is 0.235 e. The highest BCUT2D eigenvalue weighted by atomic mass is 79.9. The Kier molecular flexibility index (Phi) is 6.14. The summed E-state index contributed by atoms with van der Waals surface area (Å²) < 4.78 is 1.02. The summed E-state index contributed by atoms with van der Waals surface area (Å²) >= 11 is 3.50. The van der Waals surface area contributed by atoms with Gasteiger partial charge in [-0.2, -0.15) is 0 Å². The minimum absolute atomic E-state index is 0.0807. The summed E-state index contributed by atoms with van der Waals surface area (Å²) in [6.07, 6.45) is 3.89. The monoisotopic (exact) mass is 469 g/mol. The number of carbonyl (C=O) groups excluding carboxylic acids is 2. The van der Waals surface area contributed by atoms with Crippen molar-refractivity contribution in [1.29, 1.82) is 0 Å². The third-order valence-corrected chi connectivity index (χ3v) is 7.04. The van der Waals surface area contributed by atoms with Crippen molar-refractivity contribution in [2.45, 2.75) is 38.0 Å². The van der Waals surface area contributed by atoms with Crippen molar-refractivity contribution in [1.82, 2.24) is 4.90 Å². The van der Waals surface area contributed by atoms with Crippen LogP contribution in [0, 0.1) is 0 Å². The van der Waals surface area contributed by atoms with Gasteiger partial charge in [-0.1, -0.05) is 53.0 Å². The highest BCUT2D eigenvalue weighted by molar-refractivity contribution is 9.10. The number of nitrogens with zero attached hydrogens (tertiary/aromatic N) is 2. The number of piperazine rings is 1. The van der Waals surface area contributed by atoms with E-state index < -0.39 is 5.41 Å². The quantitative estimate of drug-likeness (QED) is 0.713. The fourth-order valence-electron chi connectivity index (χ4n) is 4.75. The molecule has 0 aromatic heterocycles. The number of anilines is 2. The summed E-state index contributed by atoms with van der Waals surface area (Å²) in [7, 11) is 0. The van der Waals surface area contributed by atoms with Crippen molar-refractivity contribution in [2.24, 2.45) is 0 Å². The lowest BCUT2D eigenvalue weighted by atomic mass is 9.78. The molecule has 0 unspecified atom stereocenters. The van der Waals surface area contributed by atoms with E-state index in [-0.39, 0.29) is 11.8 Å². The van der Waals surface area contributed by atoms with Crippen LogP contribution in [-0.4, -0.2) is 42.9 Å². The van der Waals surface area contributed by atoms with Crippen molar-refractivity contribution in [3.8, 4) is 0 Å². The average Bonchev–Trinajstić information content (AvgIpc) is 3.26. The van der Waals surface area contributed by atoms with Crippen LogP contribution < -0.4 is 10.2 Å². The van der Waals surface area contributed by atoms with Gasteiger partial charge in [0, 0.05) is 37.6 Å². The van der Waals surface area contributed by atoms with Crippen LogP contribution >= 0.6 is 15.9 Å². The Labute approximate surface area is 186 Å². The zero-order valence-electron chi connectivity index (χ0n) is 17.4. The van der Waals surface area contributed by atoms with Crippen LogP contribution in [0.25, 0.3) is 0 Å². The summed E-state index contributed by atoms with van der Waals surface area (Å²) in [5.41, 5.74) is 2.50. The normalized spacial score (nSPS) is 18.3. The first-order valence-corrected chi connectivity index (χ1v) is 11.5. The molecular formula is C24H28BrN3O2. The van der Waals surface area contributed by atoms with Gasteiger partial charge < -0.3 is 15.1 Å². The predicted octanol–water partition coefficient (Wildman–Crippen LogP) is 4.57. The second-order valence-corrected chi connectivity index (χ2v) is 9.18. The first-order valence-electron chi connectivity index (χ1n) is 10.7. The van der Waals surface area contributed by atoms with Crippen LogP contribution in [0.5, 0.6) is 0 Å². The van der Waals surface area contributed by atoms with E-state index in [2.05, 4.69) is 44.3 Å². The topological polar surface area (TPSA) is 52.7 Å². The molecule has 0 radical (unpaired) electrons. The molecule has 0 spiro atoms. The third-order valence-electron chi connectivity index (χ3n) is 6.51. The number of rotatable bonds is 4. The van der Waals surface area contributed by atoms with Crippen molar-refractivity contribution in [3.63, 3.8) is 0 Å². The van der Waals surface area contributed by atoms with Gasteiger partial charge in [0.1, 0.15) is 0 Å². The fraction of sp³-hybridized carbons (Fsp3) is 0.417. The Hall–Kier alpha value is -2.34. The number of benzene rings is 2. The van der Waals surface area contributed by atoms with Crippen LogP contribution in [0.2, 0.25) is 0 Å². The number of amides is 2. The molecule has 2 fully saturated rings. The Morgan fingerprint density at radius 1 is 0.933 bits per heavy atom. The number of hydrogen-bond donors (Lipinski definition) is 1. The second-order valence-electron chi connectivity index (χ2n) is 8.26. The van der Waals surface area contributed by atoms with Gasteiger partial charge in [0.15, 0.2) is 0 Å². The van der Waals surface area contributed by atoms with Crippen molar-refractivity contribution < 1.29 is 9.59 Å². The van der Waals surface area contributed by atoms with Gasteiger partial charge in [0.25, 0.3) is 0 Å². The molecule has 2 aromatic carbocycles. The first-order chi connectivity index (χ1) is 14.5. The Bertz CT molecular complexity index is 914. The maximum absolute atomic E-state index is 13.6. The fourth-order valence-corrected chi connectivity index (χ4v) is 5.02.